The molecule has 6 heteroatoms. The van der Waals surface area contributed by atoms with Gasteiger partial charge in [0.2, 0.25) is 11.8 Å². The Balaban J connectivity index is 1.57. The molecule has 0 aliphatic heterocycles. The molecule has 0 bridgehead atoms. The quantitative estimate of drug-likeness (QED) is 0.281. The van der Waals surface area contributed by atoms with Crippen LogP contribution in [0, 0.1) is 0 Å². The van der Waals surface area contributed by atoms with E-state index in [1.54, 1.807) is 29.2 Å². The van der Waals surface area contributed by atoms with Crippen molar-refractivity contribution in [2.45, 2.75) is 57.5 Å². The molecule has 3 aromatic carbocycles. The lowest BCUT2D eigenvalue weighted by atomic mass is 9.94. The van der Waals surface area contributed by atoms with Crippen LogP contribution in [0.25, 0.3) is 10.9 Å². The fourth-order valence-corrected chi connectivity index (χ4v) is 5.42. The van der Waals surface area contributed by atoms with E-state index in [2.05, 4.69) is 10.3 Å². The second kappa shape index (κ2) is 11.5. The maximum Gasteiger partial charge on any atom is 0.248 e. The third-order valence-corrected chi connectivity index (χ3v) is 7.39. The number of benzene rings is 3. The SMILES string of the molecule is CC(=O)c1cccc(N(C(=O)Cc2c[nH]c3ccccc23)[C@H](C(=O)NC2CCCCC2)c2ccccc2)c1. The first-order valence-corrected chi connectivity index (χ1v) is 13.3. The highest BCUT2D eigenvalue weighted by molar-refractivity contribution is 6.04. The van der Waals surface area contributed by atoms with Gasteiger partial charge in [-0.15, -0.1) is 0 Å². The molecule has 1 aromatic heterocycles. The monoisotopic (exact) mass is 507 g/mol. The summed E-state index contributed by atoms with van der Waals surface area (Å²) in [5, 5.41) is 4.22. The van der Waals surface area contributed by atoms with Crippen LogP contribution in [-0.4, -0.2) is 28.6 Å². The maximum absolute atomic E-state index is 14.2. The zero-order valence-corrected chi connectivity index (χ0v) is 21.7. The number of hydrogen-bond donors (Lipinski definition) is 2. The van der Waals surface area contributed by atoms with Gasteiger partial charge in [-0.2, -0.15) is 0 Å². The van der Waals surface area contributed by atoms with Crippen molar-refractivity contribution in [3.05, 3.63) is 102 Å². The zero-order valence-electron chi connectivity index (χ0n) is 21.7. The largest absolute Gasteiger partial charge is 0.361 e. The standard InChI is InChI=1S/C32H33N3O3/c1-22(36)24-13-10-16-27(19-24)35(30(37)20-25-21-33-29-18-9-8-17-28(25)29)31(23-11-4-2-5-12-23)32(38)34-26-14-6-3-7-15-26/h2,4-5,8-13,16-19,21,26,31,33H,3,6-7,14-15,20H2,1H3,(H,34,38)/t31-/m0/s1. The molecule has 1 heterocycles. The number of aromatic nitrogens is 1. The number of fused-ring (bicyclic) bond motifs is 1. The summed E-state index contributed by atoms with van der Waals surface area (Å²) in [5.41, 5.74) is 3.55. The molecule has 4 aromatic rings. The van der Waals surface area contributed by atoms with Crippen LogP contribution in [0.1, 0.15) is 66.6 Å². The number of Topliss-reactive ketones (excluding diaryl/α,β-unsaturated/α-hetero) is 1. The van der Waals surface area contributed by atoms with Gasteiger partial charge in [-0.3, -0.25) is 19.3 Å². The number of nitrogens with one attached hydrogen (secondary N) is 2. The first kappa shape index (κ1) is 25.5. The van der Waals surface area contributed by atoms with Gasteiger partial charge in [-0.1, -0.05) is 79.9 Å². The Kier molecular flexibility index (Phi) is 7.68. The molecule has 1 fully saturated rings. The lowest BCUT2D eigenvalue weighted by Gasteiger charge is -2.33. The number of ketones is 1. The number of aromatic amines is 1. The van der Waals surface area contributed by atoms with Gasteiger partial charge in [0.15, 0.2) is 5.78 Å². The van der Waals surface area contributed by atoms with Crippen molar-refractivity contribution in [3.8, 4) is 0 Å². The topological polar surface area (TPSA) is 82.3 Å². The molecule has 0 unspecified atom stereocenters. The smallest absolute Gasteiger partial charge is 0.248 e. The van der Waals surface area contributed by atoms with Gasteiger partial charge in [0.1, 0.15) is 6.04 Å². The van der Waals surface area contributed by atoms with E-state index >= 15 is 0 Å². The highest BCUT2D eigenvalue weighted by atomic mass is 16.2. The molecule has 38 heavy (non-hydrogen) atoms. The minimum absolute atomic E-state index is 0.0941. The van der Waals surface area contributed by atoms with Crippen LogP contribution in [0.5, 0.6) is 0 Å². The number of rotatable bonds is 8. The van der Waals surface area contributed by atoms with Gasteiger partial charge >= 0.3 is 0 Å². The van der Waals surface area contributed by atoms with Crippen LogP contribution in [0.2, 0.25) is 0 Å². The second-order valence-electron chi connectivity index (χ2n) is 10.1. The number of hydrogen-bond acceptors (Lipinski definition) is 3. The second-order valence-corrected chi connectivity index (χ2v) is 10.1. The highest BCUT2D eigenvalue weighted by Gasteiger charge is 2.34. The lowest BCUT2D eigenvalue weighted by molar-refractivity contribution is -0.127. The lowest BCUT2D eigenvalue weighted by Crippen LogP contribution is -2.47. The van der Waals surface area contributed by atoms with E-state index in [1.165, 1.54) is 13.3 Å². The van der Waals surface area contributed by atoms with Crippen molar-refractivity contribution >= 4 is 34.2 Å². The van der Waals surface area contributed by atoms with Gasteiger partial charge in [0, 0.05) is 34.4 Å². The van der Waals surface area contributed by atoms with Crippen LogP contribution in [0.4, 0.5) is 5.69 Å². The molecule has 1 saturated carbocycles. The zero-order chi connectivity index (χ0) is 26.5. The summed E-state index contributed by atoms with van der Waals surface area (Å²) in [5.74, 6) is -0.523. The average Bonchev–Trinajstić information content (AvgIpc) is 3.35. The van der Waals surface area contributed by atoms with E-state index in [1.807, 2.05) is 60.8 Å². The average molecular weight is 508 g/mol. The Morgan fingerprint density at radius 3 is 2.42 bits per heavy atom. The molecule has 1 aliphatic carbocycles. The molecule has 0 radical (unpaired) electrons. The number of carbonyl (C=O) groups is 3. The Hall–Kier alpha value is -4.19. The first-order chi connectivity index (χ1) is 18.5. The molecule has 5 rings (SSSR count). The van der Waals surface area contributed by atoms with Gasteiger partial charge in [0.25, 0.3) is 0 Å². The van der Waals surface area contributed by atoms with Crippen molar-refractivity contribution in [2.24, 2.45) is 0 Å². The fraction of sp³-hybridized carbons (Fsp3) is 0.281. The number of H-pyrrole nitrogens is 1. The van der Waals surface area contributed by atoms with Gasteiger partial charge in [0.05, 0.1) is 6.42 Å². The molecular formula is C32H33N3O3. The van der Waals surface area contributed by atoms with Crippen LogP contribution in [0.15, 0.2) is 85.1 Å². The van der Waals surface area contributed by atoms with E-state index in [9.17, 15) is 14.4 Å². The van der Waals surface area contributed by atoms with Crippen molar-refractivity contribution in [1.29, 1.82) is 0 Å². The summed E-state index contributed by atoms with van der Waals surface area (Å²) >= 11 is 0. The molecule has 1 atom stereocenters. The normalized spacial score (nSPS) is 14.7. The number of anilines is 1. The number of para-hydroxylation sites is 1. The molecule has 194 valence electrons. The molecule has 1 aliphatic rings. The number of carbonyl (C=O) groups excluding carboxylic acids is 3. The number of amides is 2. The van der Waals surface area contributed by atoms with E-state index < -0.39 is 6.04 Å². The molecule has 2 amide bonds. The van der Waals surface area contributed by atoms with E-state index in [-0.39, 0.29) is 30.1 Å². The highest BCUT2D eigenvalue weighted by Crippen LogP contribution is 2.31. The van der Waals surface area contributed by atoms with E-state index in [0.29, 0.717) is 11.3 Å². The van der Waals surface area contributed by atoms with Crippen molar-refractivity contribution in [3.63, 3.8) is 0 Å². The van der Waals surface area contributed by atoms with E-state index in [0.717, 1.165) is 47.7 Å². The minimum atomic E-state index is -0.877. The third kappa shape index (κ3) is 5.54. The maximum atomic E-state index is 14.2. The van der Waals surface area contributed by atoms with Gasteiger partial charge in [-0.05, 0) is 49.1 Å². The van der Waals surface area contributed by atoms with E-state index in [4.69, 9.17) is 0 Å². The summed E-state index contributed by atoms with van der Waals surface area (Å²) in [6.07, 6.45) is 7.20. The summed E-state index contributed by atoms with van der Waals surface area (Å²) in [7, 11) is 0. The summed E-state index contributed by atoms with van der Waals surface area (Å²) in [6.45, 7) is 1.50. The van der Waals surface area contributed by atoms with Crippen LogP contribution in [-0.2, 0) is 16.0 Å². The number of nitrogens with zero attached hydrogens (tertiary/aromatic N) is 1. The summed E-state index contributed by atoms with van der Waals surface area (Å²) in [4.78, 5) is 45.2. The Morgan fingerprint density at radius 2 is 1.66 bits per heavy atom. The van der Waals surface area contributed by atoms with Crippen LogP contribution < -0.4 is 10.2 Å². The van der Waals surface area contributed by atoms with Gasteiger partial charge in [-0.25, -0.2) is 0 Å². The Morgan fingerprint density at radius 1 is 0.921 bits per heavy atom. The molecule has 6 nitrogen and oxygen atoms in total. The molecular weight excluding hydrogens is 474 g/mol. The van der Waals surface area contributed by atoms with Crippen LogP contribution in [0.3, 0.4) is 0 Å². The fourth-order valence-electron chi connectivity index (χ4n) is 5.42. The molecule has 2 N–H and O–H groups in total. The van der Waals surface area contributed by atoms with Crippen molar-refractivity contribution in [2.75, 3.05) is 4.90 Å². The predicted octanol–water partition coefficient (Wildman–Crippen LogP) is 6.14. The van der Waals surface area contributed by atoms with Crippen molar-refractivity contribution < 1.29 is 14.4 Å². The van der Waals surface area contributed by atoms with Crippen molar-refractivity contribution in [1.82, 2.24) is 10.3 Å². The minimum Gasteiger partial charge on any atom is -0.361 e. The predicted molar refractivity (Wildman–Crippen MR) is 150 cm³/mol. The summed E-state index contributed by atoms with van der Waals surface area (Å²) < 4.78 is 0. The Bertz CT molecular complexity index is 1440. The molecule has 0 saturated heterocycles. The van der Waals surface area contributed by atoms with Gasteiger partial charge < -0.3 is 10.3 Å². The Labute approximate surface area is 223 Å². The summed E-state index contributed by atoms with van der Waals surface area (Å²) in [6, 6.07) is 23.5. The third-order valence-electron chi connectivity index (χ3n) is 7.39. The van der Waals surface area contributed by atoms with Crippen LogP contribution >= 0.6 is 0 Å². The molecule has 0 spiro atoms. The first-order valence-electron chi connectivity index (χ1n) is 13.3.